The van der Waals surface area contributed by atoms with E-state index in [1.807, 2.05) is 6.92 Å². The van der Waals surface area contributed by atoms with Gasteiger partial charge in [0.25, 0.3) is 0 Å². The van der Waals surface area contributed by atoms with Crippen LogP contribution in [0.25, 0.3) is 0 Å². The maximum atomic E-state index is 11.3. The molecular weight excluding hydrogens is 152 g/mol. The van der Waals surface area contributed by atoms with Gasteiger partial charge in [-0.15, -0.1) is 0 Å². The topological polar surface area (TPSA) is 26.3 Å². The summed E-state index contributed by atoms with van der Waals surface area (Å²) in [6.07, 6.45) is 4.22. The predicted molar refractivity (Wildman–Crippen MR) is 47.7 cm³/mol. The van der Waals surface area contributed by atoms with E-state index in [2.05, 4.69) is 6.58 Å². The number of hydrogen-bond donors (Lipinski definition) is 0. The molecule has 2 nitrogen and oxygen atoms in total. The van der Waals surface area contributed by atoms with E-state index < -0.39 is 0 Å². The lowest BCUT2D eigenvalue weighted by molar-refractivity contribution is -0.147. The highest BCUT2D eigenvalue weighted by molar-refractivity contribution is 5.75. The summed E-state index contributed by atoms with van der Waals surface area (Å²) in [6, 6.07) is 0. The average Bonchev–Trinajstić information content (AvgIpc) is 2.05. The van der Waals surface area contributed by atoms with Crippen molar-refractivity contribution in [2.75, 3.05) is 6.61 Å². The van der Waals surface area contributed by atoms with Crippen LogP contribution in [0.15, 0.2) is 12.2 Å². The summed E-state index contributed by atoms with van der Waals surface area (Å²) < 4.78 is 4.95. The number of esters is 1. The Labute approximate surface area is 73.6 Å². The lowest BCUT2D eigenvalue weighted by Gasteiger charge is -2.22. The molecular formula is C10H16O2. The van der Waals surface area contributed by atoms with Gasteiger partial charge >= 0.3 is 5.97 Å². The zero-order chi connectivity index (χ0) is 8.97. The van der Waals surface area contributed by atoms with Crippen molar-refractivity contribution in [1.29, 1.82) is 0 Å². The third-order valence-electron chi connectivity index (χ3n) is 2.30. The summed E-state index contributed by atoms with van der Waals surface area (Å²) >= 11 is 0. The van der Waals surface area contributed by atoms with Crippen LogP contribution < -0.4 is 0 Å². The minimum atomic E-state index is -0.0813. The molecule has 2 heteroatoms. The minimum Gasteiger partial charge on any atom is -0.466 e. The molecule has 0 amide bonds. The Morgan fingerprint density at radius 2 is 2.42 bits per heavy atom. The fourth-order valence-corrected chi connectivity index (χ4v) is 1.61. The number of rotatable bonds is 2. The summed E-state index contributed by atoms with van der Waals surface area (Å²) in [5, 5.41) is 0. The Kier molecular flexibility index (Phi) is 3.32. The first-order valence-electron chi connectivity index (χ1n) is 4.60. The van der Waals surface area contributed by atoms with E-state index in [4.69, 9.17) is 4.74 Å². The van der Waals surface area contributed by atoms with E-state index in [1.54, 1.807) is 0 Å². The molecule has 1 unspecified atom stereocenters. The predicted octanol–water partition coefficient (Wildman–Crippen LogP) is 2.30. The largest absolute Gasteiger partial charge is 0.466 e. The Hall–Kier alpha value is -0.790. The summed E-state index contributed by atoms with van der Waals surface area (Å²) in [7, 11) is 0. The van der Waals surface area contributed by atoms with Crippen LogP contribution in [0.3, 0.4) is 0 Å². The summed E-state index contributed by atoms with van der Waals surface area (Å²) in [6.45, 7) is 6.21. The molecule has 0 N–H and O–H groups in total. The van der Waals surface area contributed by atoms with Crippen molar-refractivity contribution in [1.82, 2.24) is 0 Å². The monoisotopic (exact) mass is 168 g/mol. The highest BCUT2D eigenvalue weighted by atomic mass is 16.5. The fourth-order valence-electron chi connectivity index (χ4n) is 1.61. The second-order valence-corrected chi connectivity index (χ2v) is 3.21. The SMILES string of the molecule is C=C1CCCCC1C(=O)OCC. The Morgan fingerprint density at radius 1 is 1.67 bits per heavy atom. The van der Waals surface area contributed by atoms with Crippen molar-refractivity contribution in [3.8, 4) is 0 Å². The van der Waals surface area contributed by atoms with E-state index >= 15 is 0 Å². The number of hydrogen-bond acceptors (Lipinski definition) is 2. The maximum Gasteiger partial charge on any atom is 0.313 e. The summed E-state index contributed by atoms with van der Waals surface area (Å²) in [5.41, 5.74) is 1.06. The van der Waals surface area contributed by atoms with Crippen LogP contribution in [0, 0.1) is 5.92 Å². The molecule has 0 saturated heterocycles. The molecule has 1 aliphatic carbocycles. The molecule has 0 bridgehead atoms. The van der Waals surface area contributed by atoms with Gasteiger partial charge in [0.2, 0.25) is 0 Å². The second-order valence-electron chi connectivity index (χ2n) is 3.21. The zero-order valence-corrected chi connectivity index (χ0v) is 7.64. The normalized spacial score (nSPS) is 23.8. The van der Waals surface area contributed by atoms with Crippen LogP contribution in [0.5, 0.6) is 0 Å². The lowest BCUT2D eigenvalue weighted by Crippen LogP contribution is -2.22. The van der Waals surface area contributed by atoms with Crippen LogP contribution in [0.1, 0.15) is 32.6 Å². The van der Waals surface area contributed by atoms with Crippen LogP contribution in [0.4, 0.5) is 0 Å². The van der Waals surface area contributed by atoms with Crippen LogP contribution in [0.2, 0.25) is 0 Å². The molecule has 0 radical (unpaired) electrons. The van der Waals surface area contributed by atoms with E-state index in [0.29, 0.717) is 6.61 Å². The molecule has 1 atom stereocenters. The number of carbonyl (C=O) groups is 1. The lowest BCUT2D eigenvalue weighted by atomic mass is 9.85. The molecule has 1 rings (SSSR count). The van der Waals surface area contributed by atoms with Crippen molar-refractivity contribution < 1.29 is 9.53 Å². The number of ether oxygens (including phenoxy) is 1. The first kappa shape index (κ1) is 9.30. The Morgan fingerprint density at radius 3 is 3.00 bits per heavy atom. The van der Waals surface area contributed by atoms with Crippen LogP contribution in [-0.2, 0) is 9.53 Å². The first-order valence-corrected chi connectivity index (χ1v) is 4.60. The van der Waals surface area contributed by atoms with Gasteiger partial charge in [0.1, 0.15) is 0 Å². The van der Waals surface area contributed by atoms with E-state index in [1.165, 1.54) is 6.42 Å². The molecule has 68 valence electrons. The zero-order valence-electron chi connectivity index (χ0n) is 7.64. The van der Waals surface area contributed by atoms with Gasteiger partial charge in [-0.2, -0.15) is 0 Å². The highest BCUT2D eigenvalue weighted by Gasteiger charge is 2.25. The summed E-state index contributed by atoms with van der Waals surface area (Å²) in [5.74, 6) is -0.0964. The molecule has 0 aromatic carbocycles. The van der Waals surface area contributed by atoms with Crippen molar-refractivity contribution in [3.63, 3.8) is 0 Å². The molecule has 0 aliphatic heterocycles. The van der Waals surface area contributed by atoms with Gasteiger partial charge < -0.3 is 4.74 Å². The maximum absolute atomic E-state index is 11.3. The van der Waals surface area contributed by atoms with E-state index in [0.717, 1.165) is 24.8 Å². The smallest absolute Gasteiger partial charge is 0.313 e. The molecule has 1 saturated carbocycles. The summed E-state index contributed by atoms with van der Waals surface area (Å²) in [4.78, 5) is 11.3. The standard InChI is InChI=1S/C10H16O2/c1-3-12-10(11)9-7-5-4-6-8(9)2/h9H,2-7H2,1H3. The quantitative estimate of drug-likeness (QED) is 0.467. The third-order valence-corrected chi connectivity index (χ3v) is 2.30. The number of carbonyl (C=O) groups excluding carboxylic acids is 1. The first-order chi connectivity index (χ1) is 5.75. The average molecular weight is 168 g/mol. The molecule has 0 spiro atoms. The molecule has 0 aromatic rings. The van der Waals surface area contributed by atoms with Crippen LogP contribution >= 0.6 is 0 Å². The fraction of sp³-hybridized carbons (Fsp3) is 0.700. The second kappa shape index (κ2) is 4.29. The van der Waals surface area contributed by atoms with Crippen molar-refractivity contribution in [2.24, 2.45) is 5.92 Å². The minimum absolute atomic E-state index is 0.0151. The molecule has 0 heterocycles. The molecule has 1 fully saturated rings. The Balaban J connectivity index is 2.48. The van der Waals surface area contributed by atoms with Gasteiger partial charge in [-0.3, -0.25) is 4.79 Å². The van der Waals surface area contributed by atoms with E-state index in [9.17, 15) is 4.79 Å². The third kappa shape index (κ3) is 2.10. The van der Waals surface area contributed by atoms with Crippen molar-refractivity contribution in [2.45, 2.75) is 32.6 Å². The molecule has 12 heavy (non-hydrogen) atoms. The van der Waals surface area contributed by atoms with Crippen molar-refractivity contribution >= 4 is 5.97 Å². The van der Waals surface area contributed by atoms with Gasteiger partial charge in [0.05, 0.1) is 12.5 Å². The van der Waals surface area contributed by atoms with Gasteiger partial charge in [-0.25, -0.2) is 0 Å². The van der Waals surface area contributed by atoms with Gasteiger partial charge in [-0.1, -0.05) is 18.6 Å². The van der Waals surface area contributed by atoms with Gasteiger partial charge in [0, 0.05) is 0 Å². The molecule has 1 aliphatic rings. The molecule has 0 aromatic heterocycles. The van der Waals surface area contributed by atoms with Gasteiger partial charge in [-0.05, 0) is 26.2 Å². The van der Waals surface area contributed by atoms with Crippen molar-refractivity contribution in [3.05, 3.63) is 12.2 Å². The van der Waals surface area contributed by atoms with E-state index in [-0.39, 0.29) is 11.9 Å². The highest BCUT2D eigenvalue weighted by Crippen LogP contribution is 2.28. The van der Waals surface area contributed by atoms with Gasteiger partial charge in [0.15, 0.2) is 0 Å². The Bertz CT molecular complexity index is 184. The van der Waals surface area contributed by atoms with Crippen LogP contribution in [-0.4, -0.2) is 12.6 Å².